The predicted molar refractivity (Wildman–Crippen MR) is 104 cm³/mol. The number of amides is 1. The van der Waals surface area contributed by atoms with E-state index in [1.165, 1.54) is 11.3 Å². The Morgan fingerprint density at radius 3 is 2.89 bits per heavy atom. The van der Waals surface area contributed by atoms with E-state index in [0.29, 0.717) is 28.3 Å². The molecule has 0 aliphatic heterocycles. The summed E-state index contributed by atoms with van der Waals surface area (Å²) in [7, 11) is 0. The predicted octanol–water partition coefficient (Wildman–Crippen LogP) is 4.27. The lowest BCUT2D eigenvalue weighted by Crippen LogP contribution is -2.12. The molecule has 1 N–H and O–H groups in total. The van der Waals surface area contributed by atoms with Crippen molar-refractivity contribution >= 4 is 44.2 Å². The van der Waals surface area contributed by atoms with Crippen molar-refractivity contribution in [3.8, 4) is 11.4 Å². The van der Waals surface area contributed by atoms with Gasteiger partial charge in [-0.15, -0.1) is 0 Å². The average Bonchev–Trinajstić information content (AvgIpc) is 3.28. The molecule has 3 heterocycles. The summed E-state index contributed by atoms with van der Waals surface area (Å²) in [5.74, 6) is 0.718. The number of nitrogens with one attached hydrogen (secondary N) is 1. The highest BCUT2D eigenvalue weighted by Crippen LogP contribution is 2.30. The Balaban J connectivity index is 1.38. The number of nitrogens with zero attached hydrogens (tertiary/aromatic N) is 4. The molecule has 0 radical (unpaired) electrons. The Morgan fingerprint density at radius 2 is 2.07 bits per heavy atom. The molecule has 1 amide bonds. The summed E-state index contributed by atoms with van der Waals surface area (Å²) in [6.07, 6.45) is 3.88. The van der Waals surface area contributed by atoms with Gasteiger partial charge in [-0.3, -0.25) is 9.78 Å². The standard InChI is InChI=1S/C18H14ClN5O2S/c1-10-8-14-13(9-12(10)19)21-18(27-14)22-15(25)2-3-16-23-17(24-26-16)11-4-6-20-7-5-11/h4-9H,2-3H2,1H3,(H,21,22,25). The van der Waals surface area contributed by atoms with E-state index in [0.717, 1.165) is 21.3 Å². The van der Waals surface area contributed by atoms with Crippen LogP contribution in [0.2, 0.25) is 5.02 Å². The molecule has 4 aromatic rings. The number of halogens is 1. The molecule has 7 nitrogen and oxygen atoms in total. The van der Waals surface area contributed by atoms with Gasteiger partial charge in [0, 0.05) is 35.8 Å². The van der Waals surface area contributed by atoms with Crippen LogP contribution in [0.15, 0.2) is 41.2 Å². The number of hydrogen-bond donors (Lipinski definition) is 1. The Kier molecular flexibility index (Phi) is 4.83. The second-order valence-corrected chi connectivity index (χ2v) is 7.32. The summed E-state index contributed by atoms with van der Waals surface area (Å²) in [6, 6.07) is 7.35. The van der Waals surface area contributed by atoms with Crippen LogP contribution in [0.5, 0.6) is 0 Å². The third kappa shape index (κ3) is 3.96. The van der Waals surface area contributed by atoms with Gasteiger partial charge in [-0.1, -0.05) is 28.1 Å². The first-order chi connectivity index (χ1) is 13.1. The summed E-state index contributed by atoms with van der Waals surface area (Å²) in [6.45, 7) is 1.93. The summed E-state index contributed by atoms with van der Waals surface area (Å²) in [4.78, 5) is 24.9. The Morgan fingerprint density at radius 1 is 1.26 bits per heavy atom. The van der Waals surface area contributed by atoms with Crippen LogP contribution >= 0.6 is 22.9 Å². The second kappa shape index (κ2) is 7.42. The molecule has 0 bridgehead atoms. The lowest BCUT2D eigenvalue weighted by atomic mass is 10.2. The minimum Gasteiger partial charge on any atom is -0.339 e. The molecule has 0 fully saturated rings. The van der Waals surface area contributed by atoms with Crippen molar-refractivity contribution in [2.75, 3.05) is 5.32 Å². The van der Waals surface area contributed by atoms with E-state index < -0.39 is 0 Å². The third-order valence-electron chi connectivity index (χ3n) is 3.89. The van der Waals surface area contributed by atoms with Gasteiger partial charge in [0.2, 0.25) is 17.6 Å². The molecule has 0 aliphatic rings. The number of carbonyl (C=O) groups excluding carboxylic acids is 1. The topological polar surface area (TPSA) is 93.8 Å². The minimum atomic E-state index is -0.166. The van der Waals surface area contributed by atoms with E-state index >= 15 is 0 Å². The van der Waals surface area contributed by atoms with E-state index in [-0.39, 0.29) is 12.3 Å². The first-order valence-electron chi connectivity index (χ1n) is 8.18. The maximum atomic E-state index is 12.2. The molecule has 0 aliphatic carbocycles. The molecule has 4 rings (SSSR count). The third-order valence-corrected chi connectivity index (χ3v) is 5.23. The van der Waals surface area contributed by atoms with Crippen molar-refractivity contribution in [1.29, 1.82) is 0 Å². The van der Waals surface area contributed by atoms with Crippen molar-refractivity contribution in [3.05, 3.63) is 53.1 Å². The largest absolute Gasteiger partial charge is 0.339 e. The van der Waals surface area contributed by atoms with Crippen LogP contribution in [-0.4, -0.2) is 26.0 Å². The fourth-order valence-corrected chi connectivity index (χ4v) is 3.60. The average molecular weight is 400 g/mol. The zero-order valence-electron chi connectivity index (χ0n) is 14.3. The molecule has 0 unspecified atom stereocenters. The van der Waals surface area contributed by atoms with Gasteiger partial charge in [0.15, 0.2) is 5.13 Å². The molecule has 1 aromatic carbocycles. The van der Waals surface area contributed by atoms with E-state index in [2.05, 4.69) is 25.4 Å². The normalized spacial score (nSPS) is 11.0. The van der Waals surface area contributed by atoms with Crippen LogP contribution in [-0.2, 0) is 11.2 Å². The van der Waals surface area contributed by atoms with Crippen molar-refractivity contribution < 1.29 is 9.32 Å². The van der Waals surface area contributed by atoms with E-state index in [4.69, 9.17) is 16.1 Å². The molecule has 3 aromatic heterocycles. The zero-order chi connectivity index (χ0) is 18.8. The first kappa shape index (κ1) is 17.6. The molecular weight excluding hydrogens is 386 g/mol. The lowest BCUT2D eigenvalue weighted by Gasteiger charge is -1.98. The maximum Gasteiger partial charge on any atom is 0.227 e. The van der Waals surface area contributed by atoms with Crippen molar-refractivity contribution in [3.63, 3.8) is 0 Å². The highest BCUT2D eigenvalue weighted by molar-refractivity contribution is 7.22. The summed E-state index contributed by atoms with van der Waals surface area (Å²) in [5, 5.41) is 7.93. The van der Waals surface area contributed by atoms with Crippen LogP contribution in [0.4, 0.5) is 5.13 Å². The number of fused-ring (bicyclic) bond motifs is 1. The van der Waals surface area contributed by atoms with Gasteiger partial charge in [0.05, 0.1) is 10.2 Å². The number of carbonyl (C=O) groups is 1. The molecule has 0 spiro atoms. The van der Waals surface area contributed by atoms with Gasteiger partial charge >= 0.3 is 0 Å². The number of benzene rings is 1. The van der Waals surface area contributed by atoms with E-state index in [9.17, 15) is 4.79 Å². The Hall–Kier alpha value is -2.84. The number of aryl methyl sites for hydroxylation is 2. The van der Waals surface area contributed by atoms with E-state index in [1.807, 2.05) is 13.0 Å². The van der Waals surface area contributed by atoms with Crippen LogP contribution in [0.3, 0.4) is 0 Å². The molecule has 0 saturated carbocycles. The Labute approximate surface area is 163 Å². The Bertz CT molecular complexity index is 1070. The highest BCUT2D eigenvalue weighted by atomic mass is 35.5. The smallest absolute Gasteiger partial charge is 0.227 e. The van der Waals surface area contributed by atoms with E-state index in [1.54, 1.807) is 30.6 Å². The molecule has 27 heavy (non-hydrogen) atoms. The van der Waals surface area contributed by atoms with Crippen molar-refractivity contribution in [2.24, 2.45) is 0 Å². The number of thiazole rings is 1. The summed E-state index contributed by atoms with van der Waals surface area (Å²) < 4.78 is 6.18. The zero-order valence-corrected chi connectivity index (χ0v) is 15.8. The SMILES string of the molecule is Cc1cc2sc(NC(=O)CCc3nc(-c4ccncc4)no3)nc2cc1Cl. The monoisotopic (exact) mass is 399 g/mol. The summed E-state index contributed by atoms with van der Waals surface area (Å²) >= 11 is 7.53. The van der Waals surface area contributed by atoms with Crippen LogP contribution in [0.1, 0.15) is 17.9 Å². The quantitative estimate of drug-likeness (QED) is 0.538. The minimum absolute atomic E-state index is 0.166. The van der Waals surface area contributed by atoms with Crippen LogP contribution in [0, 0.1) is 6.92 Å². The van der Waals surface area contributed by atoms with Crippen molar-refractivity contribution in [2.45, 2.75) is 19.8 Å². The lowest BCUT2D eigenvalue weighted by molar-refractivity contribution is -0.116. The fourth-order valence-electron chi connectivity index (χ4n) is 2.48. The number of rotatable bonds is 5. The van der Waals surface area contributed by atoms with Gasteiger partial charge in [-0.2, -0.15) is 4.98 Å². The number of anilines is 1. The molecule has 9 heteroatoms. The van der Waals surface area contributed by atoms with Gasteiger partial charge in [-0.25, -0.2) is 4.98 Å². The van der Waals surface area contributed by atoms with Crippen molar-refractivity contribution in [1.82, 2.24) is 20.1 Å². The first-order valence-corrected chi connectivity index (χ1v) is 9.37. The van der Waals surface area contributed by atoms with Gasteiger partial charge < -0.3 is 9.84 Å². The van der Waals surface area contributed by atoms with Crippen LogP contribution in [0.25, 0.3) is 21.6 Å². The van der Waals surface area contributed by atoms with Gasteiger partial charge in [0.1, 0.15) is 0 Å². The van der Waals surface area contributed by atoms with Gasteiger partial charge in [0.25, 0.3) is 0 Å². The second-order valence-electron chi connectivity index (χ2n) is 5.88. The molecule has 0 saturated heterocycles. The fraction of sp³-hybridized carbons (Fsp3) is 0.167. The number of aromatic nitrogens is 4. The number of hydrogen-bond acceptors (Lipinski definition) is 7. The summed E-state index contributed by atoms with van der Waals surface area (Å²) in [5.41, 5.74) is 2.56. The molecular formula is C18H14ClN5O2S. The van der Waals surface area contributed by atoms with Gasteiger partial charge in [-0.05, 0) is 36.8 Å². The number of pyridine rings is 1. The molecule has 136 valence electrons. The maximum absolute atomic E-state index is 12.2. The highest BCUT2D eigenvalue weighted by Gasteiger charge is 2.13. The molecule has 0 atom stereocenters. The van der Waals surface area contributed by atoms with Crippen LogP contribution < -0.4 is 5.32 Å².